The van der Waals surface area contributed by atoms with Gasteiger partial charge in [-0.05, 0) is 90.1 Å². The number of rotatable bonds is 38. The number of likely N-dealkylation sites (tertiary alicyclic amines) is 1. The number of amides is 1. The average molecular weight is 761 g/mol. The normalized spacial score (nSPS) is 13.9. The number of hydrogen-bond donors (Lipinski definition) is 1. The van der Waals surface area contributed by atoms with E-state index < -0.39 is 12.2 Å². The van der Waals surface area contributed by atoms with Gasteiger partial charge in [-0.15, -0.1) is 0 Å². The predicted octanol–water partition coefficient (Wildman–Crippen LogP) is 12.3. The summed E-state index contributed by atoms with van der Waals surface area (Å²) in [6.45, 7) is 7.64. The van der Waals surface area contributed by atoms with E-state index in [4.69, 9.17) is 14.2 Å². The summed E-state index contributed by atoms with van der Waals surface area (Å²) in [6.07, 6.45) is 42.2. The molecule has 1 saturated heterocycles. The summed E-state index contributed by atoms with van der Waals surface area (Å²) in [6, 6.07) is 0. The number of nitrogens with one attached hydrogen (secondary N) is 1. The van der Waals surface area contributed by atoms with E-state index in [0.29, 0.717) is 19.4 Å². The molecule has 1 rings (SSSR count). The maximum absolute atomic E-state index is 12.5. The first-order valence-electron chi connectivity index (χ1n) is 22.8. The predicted molar refractivity (Wildman–Crippen MR) is 225 cm³/mol. The van der Waals surface area contributed by atoms with Gasteiger partial charge in [-0.3, -0.25) is 9.59 Å². The topological polar surface area (TPSA) is 94.2 Å². The zero-order valence-corrected chi connectivity index (χ0v) is 35.2. The lowest BCUT2D eigenvalue weighted by Gasteiger charge is -2.19. The van der Waals surface area contributed by atoms with Crippen molar-refractivity contribution in [3.63, 3.8) is 0 Å². The molecule has 1 fully saturated rings. The lowest BCUT2D eigenvalue weighted by Crippen LogP contribution is -2.38. The fraction of sp³-hybridized carbons (Fsp3) is 0.848. The minimum absolute atomic E-state index is 0.121. The Balaban J connectivity index is 2.21. The second kappa shape index (κ2) is 38.9. The number of carbonyl (C=O) groups excluding carboxylic acids is 3. The van der Waals surface area contributed by atoms with Crippen LogP contribution in [0.2, 0.25) is 0 Å². The van der Waals surface area contributed by atoms with Crippen molar-refractivity contribution in [2.75, 3.05) is 39.4 Å². The van der Waals surface area contributed by atoms with Gasteiger partial charge in [-0.25, -0.2) is 4.79 Å². The van der Waals surface area contributed by atoms with Crippen LogP contribution in [-0.2, 0) is 23.8 Å². The SMILES string of the molecule is CCCCCCCCC=CCCCCCCCC(=O)OCC(COC(=O)CCCCCCCC=CCCCCCCCC)OC(=O)NCCN1CCCC1. The molecule has 0 unspecified atom stereocenters. The Hall–Kier alpha value is -2.35. The molecule has 0 aromatic rings. The number of alkyl carbamates (subject to hydrolysis) is 1. The van der Waals surface area contributed by atoms with Crippen molar-refractivity contribution in [1.29, 1.82) is 0 Å². The Kier molecular flexibility index (Phi) is 35.8. The van der Waals surface area contributed by atoms with E-state index in [0.717, 1.165) is 71.0 Å². The Morgan fingerprint density at radius 2 is 0.907 bits per heavy atom. The number of esters is 2. The zero-order valence-electron chi connectivity index (χ0n) is 35.2. The first-order chi connectivity index (χ1) is 26.5. The highest BCUT2D eigenvalue weighted by Crippen LogP contribution is 2.13. The standard InChI is InChI=1S/C46H84N2O6/c1-3-5-7-9-11-13-15-17-19-21-23-25-27-29-31-35-44(49)52-41-43(54-46(51)47-37-40-48-38-33-34-39-48)42-53-45(50)36-32-30-28-26-24-22-20-18-16-14-12-10-8-6-4-2/h17-20,43H,3-16,21-42H2,1-2H3,(H,47,51). The number of unbranched alkanes of at least 4 members (excludes halogenated alkanes) is 22. The molecule has 1 aliphatic rings. The average Bonchev–Trinajstić information content (AvgIpc) is 3.69. The van der Waals surface area contributed by atoms with Gasteiger partial charge >= 0.3 is 18.0 Å². The summed E-state index contributed by atoms with van der Waals surface area (Å²) < 4.78 is 16.5. The van der Waals surface area contributed by atoms with E-state index in [1.165, 1.54) is 128 Å². The van der Waals surface area contributed by atoms with Gasteiger partial charge in [0.05, 0.1) is 0 Å². The molecule has 0 atom stereocenters. The summed E-state index contributed by atoms with van der Waals surface area (Å²) in [7, 11) is 0. The van der Waals surface area contributed by atoms with Crippen LogP contribution in [0.3, 0.4) is 0 Å². The largest absolute Gasteiger partial charge is 0.462 e. The van der Waals surface area contributed by atoms with Gasteiger partial charge in [-0.2, -0.15) is 0 Å². The van der Waals surface area contributed by atoms with Gasteiger partial charge < -0.3 is 24.4 Å². The highest BCUT2D eigenvalue weighted by molar-refractivity contribution is 5.70. The quantitative estimate of drug-likeness (QED) is 0.0290. The number of allylic oxidation sites excluding steroid dienone is 4. The van der Waals surface area contributed by atoms with Crippen LogP contribution >= 0.6 is 0 Å². The van der Waals surface area contributed by atoms with Gasteiger partial charge in [0, 0.05) is 25.9 Å². The van der Waals surface area contributed by atoms with Gasteiger partial charge in [0.25, 0.3) is 0 Å². The monoisotopic (exact) mass is 761 g/mol. The fourth-order valence-electron chi connectivity index (χ4n) is 6.83. The van der Waals surface area contributed by atoms with Crippen molar-refractivity contribution >= 4 is 18.0 Å². The molecular formula is C46H84N2O6. The summed E-state index contributed by atoms with van der Waals surface area (Å²) in [5.74, 6) is -0.620. The van der Waals surface area contributed by atoms with Crippen LogP contribution in [0, 0.1) is 0 Å². The molecular weight excluding hydrogens is 677 g/mol. The van der Waals surface area contributed by atoms with Crippen LogP contribution in [0.1, 0.15) is 206 Å². The maximum atomic E-state index is 12.5. The third kappa shape index (κ3) is 34.2. The molecule has 0 aliphatic carbocycles. The smallest absolute Gasteiger partial charge is 0.407 e. The summed E-state index contributed by atoms with van der Waals surface area (Å²) >= 11 is 0. The number of nitrogens with zero attached hydrogens (tertiary/aromatic N) is 1. The van der Waals surface area contributed by atoms with Crippen molar-refractivity contribution in [3.8, 4) is 0 Å². The van der Waals surface area contributed by atoms with Gasteiger partial charge in [0.2, 0.25) is 0 Å². The lowest BCUT2D eigenvalue weighted by atomic mass is 10.1. The van der Waals surface area contributed by atoms with Crippen molar-refractivity contribution in [2.24, 2.45) is 0 Å². The van der Waals surface area contributed by atoms with Gasteiger partial charge in [-0.1, -0.05) is 141 Å². The van der Waals surface area contributed by atoms with Crippen molar-refractivity contribution in [1.82, 2.24) is 10.2 Å². The van der Waals surface area contributed by atoms with E-state index in [1.807, 2.05) is 0 Å². The molecule has 1 amide bonds. The summed E-state index contributed by atoms with van der Waals surface area (Å²) in [4.78, 5) is 39.8. The van der Waals surface area contributed by atoms with Crippen LogP contribution < -0.4 is 5.32 Å². The van der Waals surface area contributed by atoms with Crippen molar-refractivity contribution < 1.29 is 28.6 Å². The minimum Gasteiger partial charge on any atom is -0.462 e. The van der Waals surface area contributed by atoms with Crippen LogP contribution in [-0.4, -0.2) is 68.4 Å². The molecule has 0 radical (unpaired) electrons. The van der Waals surface area contributed by atoms with Gasteiger partial charge in [0.15, 0.2) is 6.10 Å². The first-order valence-corrected chi connectivity index (χ1v) is 22.8. The Labute approximate surface area is 332 Å². The van der Waals surface area contributed by atoms with Crippen LogP contribution in [0.4, 0.5) is 4.79 Å². The number of carbonyl (C=O) groups is 3. The van der Waals surface area contributed by atoms with E-state index in [9.17, 15) is 14.4 Å². The molecule has 1 aliphatic heterocycles. The van der Waals surface area contributed by atoms with Crippen molar-refractivity contribution in [3.05, 3.63) is 24.3 Å². The van der Waals surface area contributed by atoms with E-state index in [1.54, 1.807) is 0 Å². The Morgan fingerprint density at radius 1 is 0.537 bits per heavy atom. The third-order valence-electron chi connectivity index (χ3n) is 10.3. The van der Waals surface area contributed by atoms with Crippen LogP contribution in [0.5, 0.6) is 0 Å². The molecule has 8 heteroatoms. The van der Waals surface area contributed by atoms with Crippen LogP contribution in [0.15, 0.2) is 24.3 Å². The summed E-state index contributed by atoms with van der Waals surface area (Å²) in [5, 5.41) is 2.79. The highest BCUT2D eigenvalue weighted by Gasteiger charge is 2.20. The van der Waals surface area contributed by atoms with E-state index >= 15 is 0 Å². The maximum Gasteiger partial charge on any atom is 0.407 e. The first kappa shape index (κ1) is 49.7. The van der Waals surface area contributed by atoms with Gasteiger partial charge in [0.1, 0.15) is 13.2 Å². The fourth-order valence-corrected chi connectivity index (χ4v) is 6.83. The second-order valence-electron chi connectivity index (χ2n) is 15.5. The molecule has 1 heterocycles. The molecule has 54 heavy (non-hydrogen) atoms. The Bertz CT molecular complexity index is 876. The molecule has 1 N–H and O–H groups in total. The number of hydrogen-bond acceptors (Lipinski definition) is 7. The highest BCUT2D eigenvalue weighted by atomic mass is 16.6. The van der Waals surface area contributed by atoms with E-state index in [2.05, 4.69) is 48.4 Å². The molecule has 314 valence electrons. The molecule has 0 bridgehead atoms. The summed E-state index contributed by atoms with van der Waals surface area (Å²) in [5.41, 5.74) is 0. The molecule has 8 nitrogen and oxygen atoms in total. The Morgan fingerprint density at radius 3 is 1.31 bits per heavy atom. The minimum atomic E-state index is -0.840. The molecule has 0 saturated carbocycles. The molecule has 0 spiro atoms. The van der Waals surface area contributed by atoms with Crippen molar-refractivity contribution in [2.45, 2.75) is 213 Å². The third-order valence-corrected chi connectivity index (χ3v) is 10.3. The lowest BCUT2D eigenvalue weighted by molar-refractivity contribution is -0.152. The molecule has 0 aromatic carbocycles. The zero-order chi connectivity index (χ0) is 39.0. The molecule has 0 aromatic heterocycles. The van der Waals surface area contributed by atoms with Crippen LogP contribution in [0.25, 0.3) is 0 Å². The second-order valence-corrected chi connectivity index (χ2v) is 15.5. The van der Waals surface area contributed by atoms with E-state index in [-0.39, 0.29) is 25.2 Å². The number of ether oxygens (including phenoxy) is 3.